The van der Waals surface area contributed by atoms with Crippen molar-refractivity contribution in [2.75, 3.05) is 11.9 Å². The smallest absolute Gasteiger partial charge is 0.325 e. The second-order valence-electron chi connectivity index (χ2n) is 9.85. The zero-order chi connectivity index (χ0) is 27.9. The van der Waals surface area contributed by atoms with Crippen LogP contribution in [0.3, 0.4) is 0 Å². The number of carbonyl (C=O) groups excluding carboxylic acids is 1. The van der Waals surface area contributed by atoms with E-state index in [1.165, 1.54) is 0 Å². The SMILES string of the molecule is O=C(CNc1cccc(-c2ccccc2-c2nc(-c3ccccc3)c(C3=CC=CCC3)o2)c1)OCc1ccccc1. The molecule has 0 amide bonds. The minimum atomic E-state index is -0.313. The van der Waals surface area contributed by atoms with E-state index in [1.807, 2.05) is 91.0 Å². The molecule has 6 rings (SSSR count). The molecular weight excluding hydrogens is 508 g/mol. The number of hydrogen-bond donors (Lipinski definition) is 1. The molecule has 0 unspecified atom stereocenters. The predicted octanol–water partition coefficient (Wildman–Crippen LogP) is 8.56. The molecule has 1 aromatic heterocycles. The van der Waals surface area contributed by atoms with Crippen LogP contribution in [0.4, 0.5) is 5.69 Å². The summed E-state index contributed by atoms with van der Waals surface area (Å²) in [6.45, 7) is 0.329. The van der Waals surface area contributed by atoms with Crippen LogP contribution in [0.5, 0.6) is 0 Å². The van der Waals surface area contributed by atoms with Crippen molar-refractivity contribution in [3.63, 3.8) is 0 Å². The monoisotopic (exact) mass is 538 g/mol. The van der Waals surface area contributed by atoms with Gasteiger partial charge in [-0.25, -0.2) is 4.98 Å². The van der Waals surface area contributed by atoms with Gasteiger partial charge >= 0.3 is 5.97 Å². The number of hydrogen-bond acceptors (Lipinski definition) is 5. The molecule has 202 valence electrons. The number of anilines is 1. The Hall–Kier alpha value is -5.16. The second kappa shape index (κ2) is 12.3. The molecule has 0 atom stereocenters. The summed E-state index contributed by atoms with van der Waals surface area (Å²) in [6.07, 6.45) is 8.26. The first kappa shape index (κ1) is 26.1. The minimum Gasteiger partial charge on any atom is -0.460 e. The first-order valence-electron chi connectivity index (χ1n) is 13.8. The number of nitrogens with zero attached hydrogens (tertiary/aromatic N) is 1. The molecule has 0 spiro atoms. The highest BCUT2D eigenvalue weighted by Gasteiger charge is 2.21. The summed E-state index contributed by atoms with van der Waals surface area (Å²) in [7, 11) is 0. The van der Waals surface area contributed by atoms with Gasteiger partial charge in [0.05, 0.1) is 0 Å². The summed E-state index contributed by atoms with van der Waals surface area (Å²) in [5.74, 6) is 1.08. The largest absolute Gasteiger partial charge is 0.460 e. The number of nitrogens with one attached hydrogen (secondary N) is 1. The van der Waals surface area contributed by atoms with Gasteiger partial charge in [0.2, 0.25) is 5.89 Å². The van der Waals surface area contributed by atoms with E-state index in [0.717, 1.165) is 63.4 Å². The van der Waals surface area contributed by atoms with E-state index >= 15 is 0 Å². The van der Waals surface area contributed by atoms with Gasteiger partial charge in [0.25, 0.3) is 0 Å². The maximum atomic E-state index is 12.4. The Bertz CT molecular complexity index is 1700. The van der Waals surface area contributed by atoms with E-state index in [-0.39, 0.29) is 19.1 Å². The van der Waals surface area contributed by atoms with Gasteiger partial charge in [0.1, 0.15) is 18.8 Å². The lowest BCUT2D eigenvalue weighted by atomic mass is 9.99. The van der Waals surface area contributed by atoms with Crippen LogP contribution < -0.4 is 5.32 Å². The molecule has 1 heterocycles. The molecule has 0 radical (unpaired) electrons. The van der Waals surface area contributed by atoms with Crippen LogP contribution in [-0.4, -0.2) is 17.5 Å². The molecule has 1 aliphatic rings. The number of carbonyl (C=O) groups is 1. The molecule has 0 saturated heterocycles. The molecule has 5 nitrogen and oxygen atoms in total. The van der Waals surface area contributed by atoms with Crippen LogP contribution in [0.1, 0.15) is 24.2 Å². The van der Waals surface area contributed by atoms with Crippen molar-refractivity contribution in [1.29, 1.82) is 0 Å². The molecule has 0 saturated carbocycles. The summed E-state index contributed by atoms with van der Waals surface area (Å²) in [5, 5.41) is 3.20. The van der Waals surface area contributed by atoms with Gasteiger partial charge < -0.3 is 14.5 Å². The third-order valence-electron chi connectivity index (χ3n) is 6.99. The Labute approximate surface area is 239 Å². The molecule has 0 bridgehead atoms. The molecule has 4 aromatic carbocycles. The topological polar surface area (TPSA) is 64.4 Å². The summed E-state index contributed by atoms with van der Waals surface area (Å²) < 4.78 is 12.0. The fraction of sp³-hybridized carbons (Fsp3) is 0.111. The Morgan fingerprint density at radius 2 is 1.56 bits per heavy atom. The zero-order valence-electron chi connectivity index (χ0n) is 22.6. The molecule has 0 aliphatic heterocycles. The molecule has 5 aromatic rings. The van der Waals surface area contributed by atoms with Gasteiger partial charge in [-0.1, -0.05) is 109 Å². The van der Waals surface area contributed by atoms with Crippen LogP contribution in [0, 0.1) is 0 Å². The van der Waals surface area contributed by atoms with Crippen LogP contribution in [0.25, 0.3) is 39.4 Å². The lowest BCUT2D eigenvalue weighted by Crippen LogP contribution is -2.16. The van der Waals surface area contributed by atoms with Crippen molar-refractivity contribution in [3.8, 4) is 33.8 Å². The van der Waals surface area contributed by atoms with Crippen LogP contribution >= 0.6 is 0 Å². The molecule has 1 aliphatic carbocycles. The van der Waals surface area contributed by atoms with Gasteiger partial charge in [-0.05, 0) is 53.3 Å². The number of aromatic nitrogens is 1. The highest BCUT2D eigenvalue weighted by atomic mass is 16.5. The molecule has 0 fully saturated rings. The number of esters is 1. The fourth-order valence-electron chi connectivity index (χ4n) is 4.92. The first-order valence-corrected chi connectivity index (χ1v) is 13.8. The van der Waals surface area contributed by atoms with Crippen molar-refractivity contribution in [2.24, 2.45) is 0 Å². The standard InChI is InChI=1S/C36H30N2O3/c39-33(40-25-26-13-4-1-5-14-26)24-37-30-20-12-19-29(23-30)31-21-10-11-22-32(31)36-38-34(27-15-6-2-7-16-27)35(41-36)28-17-8-3-9-18-28/h1-8,10-17,19-23,37H,9,18,24-25H2. The number of ether oxygens (including phenoxy) is 1. The van der Waals surface area contributed by atoms with Crippen molar-refractivity contribution >= 4 is 17.2 Å². The Morgan fingerprint density at radius 1 is 0.829 bits per heavy atom. The van der Waals surface area contributed by atoms with E-state index in [9.17, 15) is 4.79 Å². The lowest BCUT2D eigenvalue weighted by Gasteiger charge is -2.11. The van der Waals surface area contributed by atoms with Crippen LogP contribution in [0.2, 0.25) is 0 Å². The maximum Gasteiger partial charge on any atom is 0.325 e. The summed E-state index contributed by atoms with van der Waals surface area (Å²) in [4.78, 5) is 17.4. The Kier molecular flexibility index (Phi) is 7.86. The van der Waals surface area contributed by atoms with Crippen LogP contribution in [-0.2, 0) is 16.1 Å². The zero-order valence-corrected chi connectivity index (χ0v) is 22.6. The minimum absolute atomic E-state index is 0.0744. The third-order valence-corrected chi connectivity index (χ3v) is 6.99. The molecule has 1 N–H and O–H groups in total. The molecule has 41 heavy (non-hydrogen) atoms. The van der Waals surface area contributed by atoms with E-state index in [1.54, 1.807) is 0 Å². The highest BCUT2D eigenvalue weighted by molar-refractivity contribution is 5.85. The average Bonchev–Trinajstić information content (AvgIpc) is 3.50. The van der Waals surface area contributed by atoms with Gasteiger partial charge in [0.15, 0.2) is 5.76 Å². The molecule has 5 heteroatoms. The predicted molar refractivity (Wildman–Crippen MR) is 164 cm³/mol. The number of benzene rings is 4. The second-order valence-corrected chi connectivity index (χ2v) is 9.85. The van der Waals surface area contributed by atoms with Gasteiger partial charge in [0, 0.05) is 16.8 Å². The number of rotatable bonds is 9. The summed E-state index contributed by atoms with van der Waals surface area (Å²) in [6, 6.07) is 35.9. The summed E-state index contributed by atoms with van der Waals surface area (Å²) >= 11 is 0. The maximum absolute atomic E-state index is 12.4. The third kappa shape index (κ3) is 6.20. The normalized spacial score (nSPS) is 12.5. The number of allylic oxidation sites excluding steroid dienone is 4. The first-order chi connectivity index (χ1) is 20.2. The van der Waals surface area contributed by atoms with Crippen molar-refractivity contribution in [3.05, 3.63) is 139 Å². The van der Waals surface area contributed by atoms with Crippen LogP contribution in [0.15, 0.2) is 132 Å². The fourth-order valence-corrected chi connectivity index (χ4v) is 4.92. The van der Waals surface area contributed by atoms with Gasteiger partial charge in [-0.3, -0.25) is 4.79 Å². The van der Waals surface area contributed by atoms with E-state index in [0.29, 0.717) is 5.89 Å². The Balaban J connectivity index is 1.26. The van der Waals surface area contributed by atoms with E-state index in [4.69, 9.17) is 14.1 Å². The van der Waals surface area contributed by atoms with Crippen molar-refractivity contribution in [2.45, 2.75) is 19.4 Å². The van der Waals surface area contributed by atoms with Crippen molar-refractivity contribution < 1.29 is 13.9 Å². The lowest BCUT2D eigenvalue weighted by molar-refractivity contribution is -0.142. The quantitative estimate of drug-likeness (QED) is 0.190. The van der Waals surface area contributed by atoms with E-state index in [2.05, 4.69) is 41.7 Å². The molecular formula is C36H30N2O3. The Morgan fingerprint density at radius 3 is 2.34 bits per heavy atom. The van der Waals surface area contributed by atoms with E-state index < -0.39 is 0 Å². The van der Waals surface area contributed by atoms with Gasteiger partial charge in [-0.15, -0.1) is 0 Å². The summed E-state index contributed by atoms with van der Waals surface area (Å²) in [5.41, 5.74) is 7.69. The average molecular weight is 539 g/mol. The highest BCUT2D eigenvalue weighted by Crippen LogP contribution is 2.39. The van der Waals surface area contributed by atoms with Gasteiger partial charge in [-0.2, -0.15) is 0 Å². The number of oxazole rings is 1. The van der Waals surface area contributed by atoms with Crippen molar-refractivity contribution in [1.82, 2.24) is 4.98 Å².